The summed E-state index contributed by atoms with van der Waals surface area (Å²) in [5.41, 5.74) is 5.93. The number of carboxylic acid groups (broad SMARTS) is 1. The number of carboxylic acids is 1. The summed E-state index contributed by atoms with van der Waals surface area (Å²) in [4.78, 5) is 23.6. The molecule has 0 aliphatic rings. The first kappa shape index (κ1) is 15.0. The lowest BCUT2D eigenvalue weighted by Crippen LogP contribution is -2.25. The molecule has 2 aromatic rings. The summed E-state index contributed by atoms with van der Waals surface area (Å²) in [5, 5.41) is 13.3. The second-order valence-electron chi connectivity index (χ2n) is 4.77. The van der Waals surface area contributed by atoms with Crippen molar-refractivity contribution in [3.05, 3.63) is 47.5 Å². The minimum atomic E-state index is -1.04. The highest BCUT2D eigenvalue weighted by molar-refractivity contribution is 6.14. The zero-order chi connectivity index (χ0) is 15.2. The fourth-order valence-corrected chi connectivity index (χ4v) is 2.27. The third-order valence-electron chi connectivity index (χ3n) is 3.30. The molecule has 5 nitrogen and oxygen atoms in total. The van der Waals surface area contributed by atoms with Gasteiger partial charge in [0.15, 0.2) is 0 Å². The molecule has 0 aliphatic heterocycles. The number of hydrogen-bond donors (Lipinski definition) is 3. The fraction of sp³-hybridized carbons (Fsp3) is 0.250. The van der Waals surface area contributed by atoms with Crippen molar-refractivity contribution in [3.63, 3.8) is 0 Å². The minimum Gasteiger partial charge on any atom is -0.478 e. The van der Waals surface area contributed by atoms with Crippen molar-refractivity contribution in [3.8, 4) is 0 Å². The topological polar surface area (TPSA) is 92.4 Å². The Hall–Kier alpha value is -2.40. The molecule has 0 atom stereocenters. The molecule has 0 spiro atoms. The third kappa shape index (κ3) is 3.38. The molecule has 0 saturated carbocycles. The molecule has 0 aliphatic carbocycles. The first-order valence-electron chi connectivity index (χ1n) is 6.88. The van der Waals surface area contributed by atoms with Crippen LogP contribution in [-0.4, -0.2) is 30.1 Å². The highest BCUT2D eigenvalue weighted by Gasteiger charge is 2.15. The van der Waals surface area contributed by atoms with E-state index in [2.05, 4.69) is 5.32 Å². The summed E-state index contributed by atoms with van der Waals surface area (Å²) in [6.07, 6.45) is 1.65. The highest BCUT2D eigenvalue weighted by Crippen LogP contribution is 2.23. The van der Waals surface area contributed by atoms with Crippen LogP contribution in [0, 0.1) is 0 Å². The molecule has 0 saturated heterocycles. The third-order valence-corrected chi connectivity index (χ3v) is 3.30. The molecule has 0 fully saturated rings. The monoisotopic (exact) mass is 286 g/mol. The smallest absolute Gasteiger partial charge is 0.336 e. The number of carbonyl (C=O) groups is 2. The van der Waals surface area contributed by atoms with Gasteiger partial charge in [0, 0.05) is 17.5 Å². The van der Waals surface area contributed by atoms with E-state index in [1.807, 2.05) is 0 Å². The van der Waals surface area contributed by atoms with Crippen molar-refractivity contribution >= 4 is 22.6 Å². The van der Waals surface area contributed by atoms with Gasteiger partial charge < -0.3 is 16.2 Å². The molecule has 21 heavy (non-hydrogen) atoms. The average Bonchev–Trinajstić information content (AvgIpc) is 2.50. The van der Waals surface area contributed by atoms with Gasteiger partial charge in [-0.05, 0) is 36.9 Å². The molecule has 5 heteroatoms. The van der Waals surface area contributed by atoms with Gasteiger partial charge in [-0.15, -0.1) is 0 Å². The first-order valence-corrected chi connectivity index (χ1v) is 6.88. The maximum Gasteiger partial charge on any atom is 0.336 e. The number of fused-ring (bicyclic) bond motifs is 1. The Labute approximate surface area is 122 Å². The number of unbranched alkanes of at least 4 members (excludes halogenated alkanes) is 1. The van der Waals surface area contributed by atoms with Crippen molar-refractivity contribution in [2.24, 2.45) is 5.73 Å². The van der Waals surface area contributed by atoms with E-state index < -0.39 is 5.97 Å². The Kier molecular flexibility index (Phi) is 4.90. The van der Waals surface area contributed by atoms with Crippen molar-refractivity contribution in [1.82, 2.24) is 5.32 Å². The predicted molar refractivity (Wildman–Crippen MR) is 81.5 cm³/mol. The minimum absolute atomic E-state index is 0.139. The number of aromatic carboxylic acids is 1. The van der Waals surface area contributed by atoms with Crippen LogP contribution in [0.2, 0.25) is 0 Å². The molecule has 0 heterocycles. The Morgan fingerprint density at radius 2 is 1.71 bits per heavy atom. The van der Waals surface area contributed by atoms with Crippen LogP contribution in [0.15, 0.2) is 36.4 Å². The zero-order valence-corrected chi connectivity index (χ0v) is 11.6. The molecular weight excluding hydrogens is 268 g/mol. The normalized spacial score (nSPS) is 10.5. The van der Waals surface area contributed by atoms with E-state index >= 15 is 0 Å². The Morgan fingerprint density at radius 1 is 1.05 bits per heavy atom. The number of nitrogens with two attached hydrogens (primary N) is 1. The van der Waals surface area contributed by atoms with E-state index in [-0.39, 0.29) is 11.5 Å². The maximum absolute atomic E-state index is 12.3. The van der Waals surface area contributed by atoms with E-state index in [0.717, 1.165) is 18.2 Å². The first-order chi connectivity index (χ1) is 10.1. The maximum atomic E-state index is 12.3. The van der Waals surface area contributed by atoms with Gasteiger partial charge in [0.05, 0.1) is 5.56 Å². The van der Waals surface area contributed by atoms with Crippen LogP contribution in [0.4, 0.5) is 0 Å². The molecule has 1 amide bonds. The van der Waals surface area contributed by atoms with Gasteiger partial charge in [-0.2, -0.15) is 0 Å². The van der Waals surface area contributed by atoms with Crippen molar-refractivity contribution < 1.29 is 14.7 Å². The number of carbonyl (C=O) groups excluding carboxylic acids is 1. The van der Waals surface area contributed by atoms with Crippen LogP contribution < -0.4 is 11.1 Å². The molecule has 0 aromatic heterocycles. The van der Waals surface area contributed by atoms with Crippen LogP contribution >= 0.6 is 0 Å². The fourth-order valence-electron chi connectivity index (χ4n) is 2.27. The molecule has 110 valence electrons. The summed E-state index contributed by atoms with van der Waals surface area (Å²) >= 11 is 0. The van der Waals surface area contributed by atoms with E-state index in [4.69, 9.17) is 5.73 Å². The van der Waals surface area contributed by atoms with E-state index in [1.165, 1.54) is 6.07 Å². The number of rotatable bonds is 6. The van der Waals surface area contributed by atoms with Gasteiger partial charge in [0.1, 0.15) is 0 Å². The number of benzene rings is 2. The Bertz CT molecular complexity index is 662. The molecule has 2 aromatic carbocycles. The predicted octanol–water partition coefficient (Wildman–Crippen LogP) is 2.01. The lowest BCUT2D eigenvalue weighted by molar-refractivity contribution is 0.0699. The van der Waals surface area contributed by atoms with Crippen LogP contribution in [0.1, 0.15) is 33.6 Å². The van der Waals surface area contributed by atoms with Gasteiger partial charge >= 0.3 is 5.97 Å². The van der Waals surface area contributed by atoms with Crippen molar-refractivity contribution in [2.75, 3.05) is 13.1 Å². The van der Waals surface area contributed by atoms with Crippen LogP contribution in [0.3, 0.4) is 0 Å². The van der Waals surface area contributed by atoms with Gasteiger partial charge in [0.2, 0.25) is 0 Å². The summed E-state index contributed by atoms with van der Waals surface area (Å²) in [7, 11) is 0. The van der Waals surface area contributed by atoms with Crippen molar-refractivity contribution in [2.45, 2.75) is 12.8 Å². The largest absolute Gasteiger partial charge is 0.478 e. The Balaban J connectivity index is 2.35. The number of hydrogen-bond acceptors (Lipinski definition) is 3. The second kappa shape index (κ2) is 6.85. The lowest BCUT2D eigenvalue weighted by atomic mass is 9.98. The standard InChI is InChI=1S/C16H18N2O3/c17-9-1-2-10-18-15(19)12-7-3-5-11-6-4-8-13(14(11)12)16(20)21/h3-8H,1-2,9-10,17H2,(H,18,19)(H,20,21). The molecule has 0 unspecified atom stereocenters. The van der Waals surface area contributed by atoms with Crippen molar-refractivity contribution in [1.29, 1.82) is 0 Å². The molecule has 4 N–H and O–H groups in total. The van der Waals surface area contributed by atoms with Gasteiger partial charge in [-0.3, -0.25) is 4.79 Å². The summed E-state index contributed by atoms with van der Waals surface area (Å²) in [6.45, 7) is 1.12. The number of nitrogens with one attached hydrogen (secondary N) is 1. The second-order valence-corrected chi connectivity index (χ2v) is 4.77. The SMILES string of the molecule is NCCCCNC(=O)c1cccc2cccc(C(=O)O)c12. The van der Waals surface area contributed by atoms with E-state index in [0.29, 0.717) is 24.0 Å². The van der Waals surface area contributed by atoms with Crippen LogP contribution in [-0.2, 0) is 0 Å². The molecule has 2 rings (SSSR count). The number of amides is 1. The van der Waals surface area contributed by atoms with Gasteiger partial charge in [0.25, 0.3) is 5.91 Å². The van der Waals surface area contributed by atoms with E-state index in [1.54, 1.807) is 30.3 Å². The molecule has 0 bridgehead atoms. The molecule has 0 radical (unpaired) electrons. The zero-order valence-electron chi connectivity index (χ0n) is 11.6. The van der Waals surface area contributed by atoms with Gasteiger partial charge in [-0.25, -0.2) is 4.79 Å². The van der Waals surface area contributed by atoms with Gasteiger partial charge in [-0.1, -0.05) is 24.3 Å². The summed E-state index contributed by atoms with van der Waals surface area (Å²) in [6, 6.07) is 10.2. The van der Waals surface area contributed by atoms with Crippen LogP contribution in [0.5, 0.6) is 0 Å². The quantitative estimate of drug-likeness (QED) is 0.708. The molecular formula is C16H18N2O3. The summed E-state index contributed by atoms with van der Waals surface area (Å²) < 4.78 is 0. The average molecular weight is 286 g/mol. The highest BCUT2D eigenvalue weighted by atomic mass is 16.4. The lowest BCUT2D eigenvalue weighted by Gasteiger charge is -2.10. The van der Waals surface area contributed by atoms with E-state index in [9.17, 15) is 14.7 Å². The van der Waals surface area contributed by atoms with Crippen LogP contribution in [0.25, 0.3) is 10.8 Å². The summed E-state index contributed by atoms with van der Waals surface area (Å²) in [5.74, 6) is -1.30. The Morgan fingerprint density at radius 3 is 2.33 bits per heavy atom.